The van der Waals surface area contributed by atoms with E-state index in [-0.39, 0.29) is 56.8 Å². The lowest BCUT2D eigenvalue weighted by molar-refractivity contribution is -0.232. The number of ether oxygens (including phenoxy) is 2. The fourth-order valence-electron chi connectivity index (χ4n) is 11.9. The van der Waals surface area contributed by atoms with Crippen molar-refractivity contribution >= 4 is 17.7 Å². The zero-order chi connectivity index (χ0) is 31.0. The molecule has 5 heteroatoms. The lowest BCUT2D eigenvalue weighted by atomic mass is 9.33. The Balaban J connectivity index is 1.56. The quantitative estimate of drug-likeness (QED) is 0.241. The molecule has 0 amide bonds. The van der Waals surface area contributed by atoms with Crippen molar-refractivity contribution in [2.24, 2.45) is 50.7 Å². The fourth-order valence-corrected chi connectivity index (χ4v) is 11.9. The number of ketones is 1. The summed E-state index contributed by atoms with van der Waals surface area (Å²) in [5.74, 6) is 1.47. The fraction of sp³-hybridized carbons (Fsp3) is 0.811. The average Bonchev–Trinajstić information content (AvgIpc) is 3.18. The Morgan fingerprint density at radius 1 is 0.905 bits per heavy atom. The van der Waals surface area contributed by atoms with Crippen LogP contribution in [0.25, 0.3) is 0 Å². The molecule has 42 heavy (non-hydrogen) atoms. The van der Waals surface area contributed by atoms with E-state index < -0.39 is 0 Å². The van der Waals surface area contributed by atoms with Crippen molar-refractivity contribution in [2.75, 3.05) is 6.61 Å². The van der Waals surface area contributed by atoms with Gasteiger partial charge in [0, 0.05) is 29.7 Å². The predicted octanol–water partition coefficient (Wildman–Crippen LogP) is 8.41. The normalized spacial score (nSPS) is 42.8. The van der Waals surface area contributed by atoms with Crippen LogP contribution in [0.2, 0.25) is 0 Å². The third-order valence-electron chi connectivity index (χ3n) is 13.8. The van der Waals surface area contributed by atoms with Crippen LogP contribution in [-0.2, 0) is 23.9 Å². The van der Waals surface area contributed by atoms with Crippen molar-refractivity contribution in [2.45, 2.75) is 133 Å². The largest absolute Gasteiger partial charge is 0.463 e. The number of esters is 2. The van der Waals surface area contributed by atoms with Gasteiger partial charge in [0.25, 0.3) is 0 Å². The molecule has 0 aromatic carbocycles. The molecule has 4 fully saturated rings. The van der Waals surface area contributed by atoms with E-state index >= 15 is 0 Å². The Morgan fingerprint density at radius 2 is 1.60 bits per heavy atom. The summed E-state index contributed by atoms with van der Waals surface area (Å²) >= 11 is 0. The maximum atomic E-state index is 13.8. The monoisotopic (exact) mass is 580 g/mol. The second-order valence-electron chi connectivity index (χ2n) is 16.4. The highest BCUT2D eigenvalue weighted by Crippen LogP contribution is 2.77. The van der Waals surface area contributed by atoms with Crippen LogP contribution in [-0.4, -0.2) is 30.4 Å². The van der Waals surface area contributed by atoms with Gasteiger partial charge in [-0.1, -0.05) is 54.5 Å². The van der Waals surface area contributed by atoms with E-state index in [4.69, 9.17) is 9.47 Å². The Kier molecular flexibility index (Phi) is 7.75. The molecule has 0 bridgehead atoms. The summed E-state index contributed by atoms with van der Waals surface area (Å²) in [7, 11) is 0. The van der Waals surface area contributed by atoms with Crippen LogP contribution in [0.3, 0.4) is 0 Å². The number of rotatable bonds is 5. The smallest absolute Gasteiger partial charge is 0.333 e. The van der Waals surface area contributed by atoms with Gasteiger partial charge in [-0.15, -0.1) is 0 Å². The van der Waals surface area contributed by atoms with Gasteiger partial charge in [-0.3, -0.25) is 9.59 Å². The standard InChI is InChI=1S/C37H56O5/c1-11-41-32(40)23(4)20-37-19-18-35(9)25(31(37)30(22(2)3)26(39)21-37)12-13-28-34(8)16-15-29(42-24(5)38)33(6,7)27(34)14-17-36(28,35)10/h20,22,25,27-29H,11-19,21H2,1-10H3. The number of allylic oxidation sites excluding steroid dienone is 3. The summed E-state index contributed by atoms with van der Waals surface area (Å²) in [6.45, 7) is 22.4. The van der Waals surface area contributed by atoms with Crippen LogP contribution in [0, 0.1) is 50.7 Å². The molecule has 5 aliphatic rings. The number of Topliss-reactive ketones (excluding diaryl/α,β-unsaturated/α-hetero) is 1. The molecule has 5 rings (SSSR count). The van der Waals surface area contributed by atoms with Crippen LogP contribution >= 0.6 is 0 Å². The van der Waals surface area contributed by atoms with E-state index in [1.54, 1.807) is 6.92 Å². The highest BCUT2D eigenvalue weighted by molar-refractivity contribution is 6.01. The van der Waals surface area contributed by atoms with Crippen molar-refractivity contribution in [3.8, 4) is 0 Å². The van der Waals surface area contributed by atoms with Crippen LogP contribution in [0.4, 0.5) is 0 Å². The molecule has 5 aliphatic carbocycles. The molecule has 8 unspecified atom stereocenters. The van der Waals surface area contributed by atoms with Gasteiger partial charge in [0.2, 0.25) is 0 Å². The van der Waals surface area contributed by atoms with Gasteiger partial charge in [0.05, 0.1) is 6.61 Å². The van der Waals surface area contributed by atoms with Crippen LogP contribution < -0.4 is 0 Å². The third kappa shape index (κ3) is 4.32. The first-order chi connectivity index (χ1) is 19.5. The maximum Gasteiger partial charge on any atom is 0.333 e. The molecule has 0 N–H and O–H groups in total. The molecule has 4 saturated carbocycles. The van der Waals surface area contributed by atoms with Gasteiger partial charge in [-0.2, -0.15) is 0 Å². The summed E-state index contributed by atoms with van der Waals surface area (Å²) in [5, 5.41) is 0. The topological polar surface area (TPSA) is 69.7 Å². The molecule has 0 aromatic rings. The molecule has 5 nitrogen and oxygen atoms in total. The highest BCUT2D eigenvalue weighted by atomic mass is 16.5. The Hall–Kier alpha value is -1.91. The van der Waals surface area contributed by atoms with E-state index in [9.17, 15) is 14.4 Å². The van der Waals surface area contributed by atoms with Crippen molar-refractivity contribution < 1.29 is 23.9 Å². The zero-order valence-electron chi connectivity index (χ0n) is 28.1. The van der Waals surface area contributed by atoms with E-state index in [1.807, 2.05) is 13.8 Å². The molecule has 234 valence electrons. The minimum Gasteiger partial charge on any atom is -0.463 e. The van der Waals surface area contributed by atoms with Gasteiger partial charge in [-0.25, -0.2) is 4.79 Å². The summed E-state index contributed by atoms with van der Waals surface area (Å²) in [4.78, 5) is 38.5. The predicted molar refractivity (Wildman–Crippen MR) is 165 cm³/mol. The molecule has 0 aromatic heterocycles. The highest BCUT2D eigenvalue weighted by Gasteiger charge is 2.70. The lowest BCUT2D eigenvalue weighted by Gasteiger charge is -2.72. The average molecular weight is 581 g/mol. The van der Waals surface area contributed by atoms with E-state index in [0.717, 1.165) is 50.5 Å². The maximum absolute atomic E-state index is 13.8. The van der Waals surface area contributed by atoms with Crippen molar-refractivity contribution in [3.63, 3.8) is 0 Å². The number of hydrogen-bond donors (Lipinski definition) is 0. The first-order valence-electron chi connectivity index (χ1n) is 16.8. The van der Waals surface area contributed by atoms with E-state index in [2.05, 4.69) is 54.5 Å². The molecule has 8 atom stereocenters. The van der Waals surface area contributed by atoms with Crippen molar-refractivity contribution in [1.82, 2.24) is 0 Å². The molecule has 0 heterocycles. The summed E-state index contributed by atoms with van der Waals surface area (Å²) < 4.78 is 11.3. The Labute approximate surface area is 254 Å². The van der Waals surface area contributed by atoms with Gasteiger partial charge in [0.15, 0.2) is 5.78 Å². The molecule has 0 aliphatic heterocycles. The van der Waals surface area contributed by atoms with Crippen LogP contribution in [0.15, 0.2) is 22.8 Å². The second-order valence-corrected chi connectivity index (χ2v) is 16.4. The van der Waals surface area contributed by atoms with Gasteiger partial charge in [-0.05, 0) is 116 Å². The third-order valence-corrected chi connectivity index (χ3v) is 13.8. The number of carbonyl (C=O) groups is 3. The molecular formula is C37H56O5. The molecule has 0 radical (unpaired) electrons. The molecule has 0 spiro atoms. The van der Waals surface area contributed by atoms with E-state index in [0.29, 0.717) is 36.4 Å². The van der Waals surface area contributed by atoms with E-state index in [1.165, 1.54) is 12.0 Å². The van der Waals surface area contributed by atoms with Crippen molar-refractivity contribution in [1.29, 1.82) is 0 Å². The first-order valence-corrected chi connectivity index (χ1v) is 16.8. The summed E-state index contributed by atoms with van der Waals surface area (Å²) in [6, 6.07) is 0. The van der Waals surface area contributed by atoms with Crippen LogP contribution in [0.1, 0.15) is 127 Å². The minimum absolute atomic E-state index is 0.0164. The van der Waals surface area contributed by atoms with Gasteiger partial charge in [0.1, 0.15) is 6.10 Å². The summed E-state index contributed by atoms with van der Waals surface area (Å²) in [5.41, 5.74) is 3.04. The second kappa shape index (κ2) is 10.3. The number of carbonyl (C=O) groups excluding carboxylic acids is 3. The Morgan fingerprint density at radius 3 is 2.21 bits per heavy atom. The first kappa shape index (κ1) is 31.5. The van der Waals surface area contributed by atoms with Gasteiger partial charge >= 0.3 is 11.9 Å². The summed E-state index contributed by atoms with van der Waals surface area (Å²) in [6.07, 6.45) is 11.2. The van der Waals surface area contributed by atoms with Gasteiger partial charge < -0.3 is 9.47 Å². The van der Waals surface area contributed by atoms with Crippen molar-refractivity contribution in [3.05, 3.63) is 22.8 Å². The Bertz CT molecular complexity index is 1220. The number of hydrogen-bond acceptors (Lipinski definition) is 5. The molecular weight excluding hydrogens is 524 g/mol. The van der Waals surface area contributed by atoms with Crippen LogP contribution in [0.5, 0.6) is 0 Å². The number of fused-ring (bicyclic) bond motifs is 7. The molecule has 0 saturated heterocycles. The zero-order valence-corrected chi connectivity index (χ0v) is 28.1. The lowest BCUT2D eigenvalue weighted by Crippen LogP contribution is -2.65. The minimum atomic E-state index is -0.369. The SMILES string of the molecule is CCOC(=O)C(C)=CC12CCC3(C)C(CCC4C5(C)CCC(OC(C)=O)C(C)(C)C5CCC43C)C1=C(C(C)C)C(=O)C2.